The molecule has 35 heavy (non-hydrogen) atoms. The van der Waals surface area contributed by atoms with E-state index in [1.165, 1.54) is 24.3 Å². The highest BCUT2D eigenvalue weighted by Gasteiger charge is 2.21. The van der Waals surface area contributed by atoms with Crippen molar-refractivity contribution in [3.8, 4) is 11.5 Å². The lowest BCUT2D eigenvalue weighted by Crippen LogP contribution is -2.20. The molecule has 186 valence electrons. The van der Waals surface area contributed by atoms with Crippen LogP contribution in [0.3, 0.4) is 0 Å². The van der Waals surface area contributed by atoms with Crippen molar-refractivity contribution in [3.05, 3.63) is 108 Å². The van der Waals surface area contributed by atoms with Crippen LogP contribution >= 0.6 is 0 Å². The minimum atomic E-state index is -4.28. The summed E-state index contributed by atoms with van der Waals surface area (Å²) in [5.74, 6) is 0.662. The Kier molecular flexibility index (Phi) is 9.45. The predicted octanol–water partition coefficient (Wildman–Crippen LogP) is 4.37. The summed E-state index contributed by atoms with van der Waals surface area (Å²) >= 11 is 0. The lowest BCUT2D eigenvalue weighted by atomic mass is 10.0. The van der Waals surface area contributed by atoms with E-state index in [0.717, 1.165) is 11.1 Å². The van der Waals surface area contributed by atoms with Crippen LogP contribution in [0, 0.1) is 0 Å². The van der Waals surface area contributed by atoms with Gasteiger partial charge in [0.25, 0.3) is 10.1 Å². The molecule has 3 aromatic carbocycles. The molecular weight excluding hydrogens is 468 g/mol. The van der Waals surface area contributed by atoms with E-state index in [-0.39, 0.29) is 25.2 Å². The second kappa shape index (κ2) is 12.5. The molecule has 0 saturated carbocycles. The second-order valence-corrected chi connectivity index (χ2v) is 9.92. The summed E-state index contributed by atoms with van der Waals surface area (Å²) in [6.07, 6.45) is 2.21. The molecule has 0 radical (unpaired) electrons. The zero-order valence-corrected chi connectivity index (χ0v) is 20.0. The van der Waals surface area contributed by atoms with Crippen molar-refractivity contribution in [1.82, 2.24) is 0 Å². The topological polar surface area (TPSA) is 124 Å². The van der Waals surface area contributed by atoms with E-state index in [2.05, 4.69) is 0 Å². The van der Waals surface area contributed by atoms with Crippen LogP contribution in [-0.2, 0) is 16.5 Å². The SMILES string of the molecule is O=S(=O)(O)[C@@H](CC=C[C@@H](O)c1ccc(O)cc1)CCc1ccc(O[C@@H](CO)c2ccccc2)cc1. The molecule has 0 aliphatic heterocycles. The van der Waals surface area contributed by atoms with Crippen LogP contribution in [0.4, 0.5) is 0 Å². The Hall–Kier alpha value is -3.17. The molecule has 0 saturated heterocycles. The van der Waals surface area contributed by atoms with Crippen molar-refractivity contribution in [2.24, 2.45) is 0 Å². The summed E-state index contributed by atoms with van der Waals surface area (Å²) in [6, 6.07) is 22.6. The predicted molar refractivity (Wildman–Crippen MR) is 134 cm³/mol. The lowest BCUT2D eigenvalue weighted by Gasteiger charge is -2.17. The zero-order valence-electron chi connectivity index (χ0n) is 19.1. The quantitative estimate of drug-likeness (QED) is 0.216. The maximum atomic E-state index is 11.9. The Morgan fingerprint density at radius 2 is 1.54 bits per heavy atom. The third-order valence-corrected chi connectivity index (χ3v) is 6.94. The molecule has 0 heterocycles. The van der Waals surface area contributed by atoms with Crippen LogP contribution in [0.15, 0.2) is 91.0 Å². The van der Waals surface area contributed by atoms with Gasteiger partial charge in [0.05, 0.1) is 18.0 Å². The number of aliphatic hydroxyl groups is 2. The third kappa shape index (κ3) is 8.22. The molecule has 3 aromatic rings. The lowest BCUT2D eigenvalue weighted by molar-refractivity contribution is 0.116. The van der Waals surface area contributed by atoms with Gasteiger partial charge in [-0.2, -0.15) is 8.42 Å². The first kappa shape index (κ1) is 26.4. The number of phenolic OH excluding ortho intramolecular Hbond substituents is 1. The Labute approximate surface area is 205 Å². The smallest absolute Gasteiger partial charge is 0.268 e. The fraction of sp³-hybridized carbons (Fsp3) is 0.259. The summed E-state index contributed by atoms with van der Waals surface area (Å²) in [4.78, 5) is 0. The fourth-order valence-corrected chi connectivity index (χ4v) is 4.41. The normalized spacial score (nSPS) is 14.5. The first-order valence-electron chi connectivity index (χ1n) is 11.3. The maximum absolute atomic E-state index is 11.9. The van der Waals surface area contributed by atoms with E-state index in [4.69, 9.17) is 4.74 Å². The minimum absolute atomic E-state index is 0.0461. The molecule has 0 aromatic heterocycles. The van der Waals surface area contributed by atoms with Crippen molar-refractivity contribution in [2.75, 3.05) is 6.61 Å². The molecule has 8 heteroatoms. The first-order chi connectivity index (χ1) is 16.8. The average molecular weight is 499 g/mol. The number of ether oxygens (including phenoxy) is 1. The molecule has 0 spiro atoms. The third-order valence-electron chi connectivity index (χ3n) is 5.67. The number of aryl methyl sites for hydroxylation is 1. The number of rotatable bonds is 12. The summed E-state index contributed by atoms with van der Waals surface area (Å²) in [6.45, 7) is -0.170. The maximum Gasteiger partial charge on any atom is 0.268 e. The van der Waals surface area contributed by atoms with Crippen LogP contribution < -0.4 is 4.74 Å². The highest BCUT2D eigenvalue weighted by Crippen LogP contribution is 2.24. The van der Waals surface area contributed by atoms with Crippen LogP contribution in [0.2, 0.25) is 0 Å². The van der Waals surface area contributed by atoms with Crippen molar-refractivity contribution in [2.45, 2.75) is 36.7 Å². The molecule has 0 aliphatic rings. The Bertz CT molecular complexity index is 1170. The largest absolute Gasteiger partial charge is 0.508 e. The summed E-state index contributed by atoms with van der Waals surface area (Å²) in [7, 11) is -4.28. The Balaban J connectivity index is 1.56. The molecule has 4 N–H and O–H groups in total. The van der Waals surface area contributed by atoms with E-state index < -0.39 is 27.6 Å². The number of phenols is 1. The molecule has 3 rings (SSSR count). The summed E-state index contributed by atoms with van der Waals surface area (Å²) in [5, 5.41) is 28.2. The molecule has 7 nitrogen and oxygen atoms in total. The fourth-order valence-electron chi connectivity index (χ4n) is 3.64. The number of hydrogen-bond acceptors (Lipinski definition) is 6. The number of benzene rings is 3. The highest BCUT2D eigenvalue weighted by molar-refractivity contribution is 7.86. The second-order valence-electron chi connectivity index (χ2n) is 8.22. The van der Waals surface area contributed by atoms with E-state index in [0.29, 0.717) is 17.7 Å². The standard InChI is InChI=1S/C27H30O7S/c28-19-27(22-5-2-1-3-6-22)34-24-16-9-20(10-17-24)11-18-25(35(31,32)33)7-4-8-26(30)21-12-14-23(29)15-13-21/h1-6,8-10,12-17,25-30H,7,11,18-19H2,(H,31,32,33)/t25-,26+,27-/m0/s1. The van der Waals surface area contributed by atoms with Gasteiger partial charge < -0.3 is 20.1 Å². The molecule has 0 fully saturated rings. The van der Waals surface area contributed by atoms with Crippen LogP contribution in [-0.4, -0.2) is 40.1 Å². The van der Waals surface area contributed by atoms with Gasteiger partial charge in [-0.05, 0) is 60.2 Å². The van der Waals surface area contributed by atoms with E-state index in [1.54, 1.807) is 24.3 Å². The monoisotopic (exact) mass is 498 g/mol. The highest BCUT2D eigenvalue weighted by atomic mass is 32.2. The van der Waals surface area contributed by atoms with Gasteiger partial charge in [-0.3, -0.25) is 4.55 Å². The minimum Gasteiger partial charge on any atom is -0.508 e. The molecule has 0 amide bonds. The molecule has 3 atom stereocenters. The molecular formula is C27H30O7S. The first-order valence-corrected chi connectivity index (χ1v) is 12.8. The Morgan fingerprint density at radius 3 is 2.14 bits per heavy atom. The van der Waals surface area contributed by atoms with Crippen molar-refractivity contribution in [3.63, 3.8) is 0 Å². The number of aromatic hydroxyl groups is 1. The van der Waals surface area contributed by atoms with Crippen LogP contribution in [0.1, 0.15) is 41.7 Å². The molecule has 0 unspecified atom stereocenters. The van der Waals surface area contributed by atoms with E-state index in [9.17, 15) is 28.3 Å². The zero-order chi connectivity index (χ0) is 25.3. The van der Waals surface area contributed by atoms with Crippen molar-refractivity contribution in [1.29, 1.82) is 0 Å². The average Bonchev–Trinajstić information content (AvgIpc) is 2.85. The van der Waals surface area contributed by atoms with Gasteiger partial charge in [0, 0.05) is 0 Å². The van der Waals surface area contributed by atoms with Gasteiger partial charge >= 0.3 is 0 Å². The number of allylic oxidation sites excluding steroid dienone is 1. The molecule has 0 aliphatic carbocycles. The van der Waals surface area contributed by atoms with Gasteiger partial charge in [0.2, 0.25) is 0 Å². The van der Waals surface area contributed by atoms with Gasteiger partial charge in [0.15, 0.2) is 0 Å². The van der Waals surface area contributed by atoms with E-state index in [1.807, 2.05) is 42.5 Å². The van der Waals surface area contributed by atoms with Crippen LogP contribution in [0.25, 0.3) is 0 Å². The van der Waals surface area contributed by atoms with Crippen molar-refractivity contribution >= 4 is 10.1 Å². The van der Waals surface area contributed by atoms with Gasteiger partial charge in [-0.25, -0.2) is 0 Å². The van der Waals surface area contributed by atoms with Gasteiger partial charge in [-0.15, -0.1) is 0 Å². The number of hydrogen-bond donors (Lipinski definition) is 4. The number of aliphatic hydroxyl groups excluding tert-OH is 2. The summed E-state index contributed by atoms with van der Waals surface area (Å²) < 4.78 is 39.3. The van der Waals surface area contributed by atoms with Crippen molar-refractivity contribution < 1.29 is 33.0 Å². The van der Waals surface area contributed by atoms with Gasteiger partial charge in [-0.1, -0.05) is 66.7 Å². The molecule has 0 bridgehead atoms. The van der Waals surface area contributed by atoms with Gasteiger partial charge in [0.1, 0.15) is 17.6 Å². The summed E-state index contributed by atoms with van der Waals surface area (Å²) in [5.41, 5.74) is 2.29. The van der Waals surface area contributed by atoms with Crippen LogP contribution in [0.5, 0.6) is 11.5 Å². The Morgan fingerprint density at radius 1 is 0.886 bits per heavy atom. The van der Waals surface area contributed by atoms with E-state index >= 15 is 0 Å².